The predicted octanol–water partition coefficient (Wildman–Crippen LogP) is 2.78. The van der Waals surface area contributed by atoms with Gasteiger partial charge in [0.15, 0.2) is 0 Å². The molecule has 1 aromatic heterocycles. The quantitative estimate of drug-likeness (QED) is 0.900. The second-order valence-corrected chi connectivity index (χ2v) is 4.82. The van der Waals surface area contributed by atoms with E-state index >= 15 is 0 Å². The van der Waals surface area contributed by atoms with Crippen molar-refractivity contribution in [2.75, 3.05) is 6.61 Å². The fourth-order valence-corrected chi connectivity index (χ4v) is 2.83. The number of rotatable bonds is 2. The van der Waals surface area contributed by atoms with E-state index in [4.69, 9.17) is 4.74 Å². The number of nitrogens with zero attached hydrogens (tertiary/aromatic N) is 1. The van der Waals surface area contributed by atoms with Crippen LogP contribution < -0.4 is 4.74 Å². The molecule has 4 heteroatoms. The molecule has 1 aliphatic rings. The van der Waals surface area contributed by atoms with Crippen molar-refractivity contribution in [2.45, 2.75) is 19.9 Å². The van der Waals surface area contributed by atoms with Crippen LogP contribution in [0.2, 0.25) is 0 Å². The molecule has 0 radical (unpaired) electrons. The highest BCUT2D eigenvalue weighted by molar-refractivity contribution is 5.89. The molecule has 3 rings (SSSR count). The minimum atomic E-state index is -0.883. The number of para-hydroxylation sites is 1. The van der Waals surface area contributed by atoms with Crippen LogP contribution in [0, 0.1) is 13.8 Å². The van der Waals surface area contributed by atoms with Crippen molar-refractivity contribution in [1.82, 2.24) is 4.57 Å². The minimum absolute atomic E-state index is 0.0595. The van der Waals surface area contributed by atoms with Crippen molar-refractivity contribution in [3.8, 4) is 5.75 Å². The first-order valence-electron chi connectivity index (χ1n) is 6.23. The Morgan fingerprint density at radius 3 is 2.79 bits per heavy atom. The van der Waals surface area contributed by atoms with E-state index in [0.29, 0.717) is 12.2 Å². The van der Waals surface area contributed by atoms with Gasteiger partial charge in [-0.1, -0.05) is 18.2 Å². The van der Waals surface area contributed by atoms with Crippen LogP contribution in [0.15, 0.2) is 30.3 Å². The van der Waals surface area contributed by atoms with Crippen molar-refractivity contribution >= 4 is 5.97 Å². The van der Waals surface area contributed by atoms with E-state index in [-0.39, 0.29) is 6.04 Å². The number of aromatic carboxylic acids is 1. The molecular formula is C15H15NO3. The molecule has 0 aliphatic carbocycles. The predicted molar refractivity (Wildman–Crippen MR) is 70.9 cm³/mol. The van der Waals surface area contributed by atoms with Gasteiger partial charge in [0.25, 0.3) is 0 Å². The molecule has 0 saturated heterocycles. The number of fused-ring (bicyclic) bond motifs is 1. The Bertz CT molecular complexity index is 657. The summed E-state index contributed by atoms with van der Waals surface area (Å²) in [6.07, 6.45) is 0. The van der Waals surface area contributed by atoms with E-state index in [9.17, 15) is 9.90 Å². The van der Waals surface area contributed by atoms with E-state index in [1.165, 1.54) is 0 Å². The van der Waals surface area contributed by atoms with Gasteiger partial charge in [-0.15, -0.1) is 0 Å². The topological polar surface area (TPSA) is 51.5 Å². The summed E-state index contributed by atoms with van der Waals surface area (Å²) in [6.45, 7) is 4.33. The molecule has 2 heterocycles. The molecule has 98 valence electrons. The highest BCUT2D eigenvalue weighted by atomic mass is 16.5. The molecule has 1 aliphatic heterocycles. The number of aryl methyl sites for hydroxylation is 1. The Balaban J connectivity index is 2.12. The number of carboxylic acids is 1. The zero-order chi connectivity index (χ0) is 13.6. The normalized spacial score (nSPS) is 17.1. The molecule has 1 N–H and O–H groups in total. The zero-order valence-electron chi connectivity index (χ0n) is 10.9. The summed E-state index contributed by atoms with van der Waals surface area (Å²) in [7, 11) is 0. The first-order valence-corrected chi connectivity index (χ1v) is 6.23. The number of benzene rings is 1. The van der Waals surface area contributed by atoms with Gasteiger partial charge >= 0.3 is 5.97 Å². The zero-order valence-corrected chi connectivity index (χ0v) is 10.9. The lowest BCUT2D eigenvalue weighted by atomic mass is 10.1. The van der Waals surface area contributed by atoms with Gasteiger partial charge in [0.1, 0.15) is 12.4 Å². The van der Waals surface area contributed by atoms with E-state index in [1.807, 2.05) is 38.1 Å². The van der Waals surface area contributed by atoms with Crippen LogP contribution in [0.3, 0.4) is 0 Å². The van der Waals surface area contributed by atoms with Gasteiger partial charge in [0.05, 0.1) is 11.6 Å². The Hall–Kier alpha value is -2.23. The van der Waals surface area contributed by atoms with Crippen LogP contribution >= 0.6 is 0 Å². The van der Waals surface area contributed by atoms with Crippen LogP contribution in [0.25, 0.3) is 0 Å². The van der Waals surface area contributed by atoms with Crippen molar-refractivity contribution in [3.63, 3.8) is 0 Å². The van der Waals surface area contributed by atoms with Gasteiger partial charge in [-0.25, -0.2) is 4.79 Å². The third-order valence-corrected chi connectivity index (χ3v) is 3.70. The maximum atomic E-state index is 11.2. The molecule has 0 spiro atoms. The first kappa shape index (κ1) is 11.8. The average Bonchev–Trinajstić information content (AvgIpc) is 2.91. The summed E-state index contributed by atoms with van der Waals surface area (Å²) >= 11 is 0. The van der Waals surface area contributed by atoms with Crippen LogP contribution in [0.1, 0.15) is 33.4 Å². The lowest BCUT2D eigenvalue weighted by Crippen LogP contribution is -2.15. The molecule has 0 amide bonds. The monoisotopic (exact) mass is 257 g/mol. The van der Waals surface area contributed by atoms with Crippen molar-refractivity contribution in [2.24, 2.45) is 0 Å². The van der Waals surface area contributed by atoms with E-state index < -0.39 is 5.97 Å². The second kappa shape index (κ2) is 4.16. The highest BCUT2D eigenvalue weighted by Gasteiger charge is 2.28. The Morgan fingerprint density at radius 2 is 2.11 bits per heavy atom. The third kappa shape index (κ3) is 1.71. The molecule has 1 atom stereocenters. The summed E-state index contributed by atoms with van der Waals surface area (Å²) < 4.78 is 7.73. The van der Waals surface area contributed by atoms with E-state index in [0.717, 1.165) is 22.7 Å². The maximum absolute atomic E-state index is 11.2. The van der Waals surface area contributed by atoms with Gasteiger partial charge in [0.2, 0.25) is 0 Å². The number of aromatic nitrogens is 1. The van der Waals surface area contributed by atoms with Crippen molar-refractivity contribution < 1.29 is 14.6 Å². The lowest BCUT2D eigenvalue weighted by molar-refractivity contribution is 0.0696. The standard InChI is InChI=1S/C15H15NO3/c1-9-7-12(15(17)18)10(2)16(9)13-8-19-14-6-4-3-5-11(13)14/h3-7,13H,8H2,1-2H3,(H,17,18). The van der Waals surface area contributed by atoms with Crippen molar-refractivity contribution in [3.05, 3.63) is 52.8 Å². The molecule has 1 unspecified atom stereocenters. The smallest absolute Gasteiger partial charge is 0.337 e. The molecular weight excluding hydrogens is 242 g/mol. The van der Waals surface area contributed by atoms with Gasteiger partial charge in [-0.05, 0) is 26.0 Å². The Labute approximate surface area is 111 Å². The number of carbonyl (C=O) groups is 1. The number of carboxylic acid groups (broad SMARTS) is 1. The first-order chi connectivity index (χ1) is 9.09. The fourth-order valence-electron chi connectivity index (χ4n) is 2.83. The summed E-state index contributed by atoms with van der Waals surface area (Å²) in [4.78, 5) is 11.2. The number of hydrogen-bond acceptors (Lipinski definition) is 2. The molecule has 0 saturated carbocycles. The van der Waals surface area contributed by atoms with Crippen LogP contribution in [-0.4, -0.2) is 22.2 Å². The Morgan fingerprint density at radius 1 is 1.37 bits per heavy atom. The SMILES string of the molecule is Cc1cc(C(=O)O)c(C)n1C1COc2ccccc21. The van der Waals surface area contributed by atoms with E-state index in [2.05, 4.69) is 4.57 Å². The Kier molecular flexibility index (Phi) is 2.59. The fraction of sp³-hybridized carbons (Fsp3) is 0.267. The molecule has 19 heavy (non-hydrogen) atoms. The lowest BCUT2D eigenvalue weighted by Gasteiger charge is -2.16. The van der Waals surface area contributed by atoms with Crippen molar-refractivity contribution in [1.29, 1.82) is 0 Å². The van der Waals surface area contributed by atoms with Gasteiger partial charge in [0, 0.05) is 17.0 Å². The molecule has 0 fully saturated rings. The van der Waals surface area contributed by atoms with Crippen LogP contribution in [-0.2, 0) is 0 Å². The van der Waals surface area contributed by atoms with Crippen LogP contribution in [0.4, 0.5) is 0 Å². The summed E-state index contributed by atoms with van der Waals surface area (Å²) in [5, 5.41) is 9.20. The summed E-state index contributed by atoms with van der Waals surface area (Å²) in [5.41, 5.74) is 3.19. The average molecular weight is 257 g/mol. The molecule has 4 nitrogen and oxygen atoms in total. The molecule has 2 aromatic rings. The number of hydrogen-bond donors (Lipinski definition) is 1. The van der Waals surface area contributed by atoms with Crippen LogP contribution in [0.5, 0.6) is 5.75 Å². The maximum Gasteiger partial charge on any atom is 0.337 e. The highest BCUT2D eigenvalue weighted by Crippen LogP contribution is 2.36. The van der Waals surface area contributed by atoms with Gasteiger partial charge in [-0.2, -0.15) is 0 Å². The largest absolute Gasteiger partial charge is 0.491 e. The summed E-state index contributed by atoms with van der Waals surface area (Å²) in [5.74, 6) is 0.00317. The van der Waals surface area contributed by atoms with Gasteiger partial charge in [-0.3, -0.25) is 0 Å². The minimum Gasteiger partial charge on any atom is -0.491 e. The van der Waals surface area contributed by atoms with Gasteiger partial charge < -0.3 is 14.4 Å². The molecule has 1 aromatic carbocycles. The summed E-state index contributed by atoms with van der Waals surface area (Å²) in [6, 6.07) is 9.68. The third-order valence-electron chi connectivity index (χ3n) is 3.70. The second-order valence-electron chi connectivity index (χ2n) is 4.82. The number of ether oxygens (including phenoxy) is 1. The molecule has 0 bridgehead atoms. The van der Waals surface area contributed by atoms with E-state index in [1.54, 1.807) is 6.07 Å².